The molecule has 1 nitrogen and oxygen atoms in total. The minimum atomic E-state index is 0. The van der Waals surface area contributed by atoms with E-state index in [4.69, 9.17) is 0 Å². The molecule has 0 saturated heterocycles. The van der Waals surface area contributed by atoms with Crippen LogP contribution in [0.2, 0.25) is 4.44 Å². The maximum absolute atomic E-state index is 2.24. The molecule has 0 aliphatic rings. The summed E-state index contributed by atoms with van der Waals surface area (Å²) in [4.78, 5) is 0. The van der Waals surface area contributed by atoms with Gasteiger partial charge in [-0.15, -0.1) is 0 Å². The van der Waals surface area contributed by atoms with Gasteiger partial charge in [-0.3, -0.25) is 0 Å². The molecule has 0 fully saturated rings. The van der Waals surface area contributed by atoms with Crippen molar-refractivity contribution in [2.75, 3.05) is 0 Å². The molecule has 0 saturated carbocycles. The van der Waals surface area contributed by atoms with Crippen LogP contribution in [0.5, 0.6) is 0 Å². The molecule has 3 radical (unpaired) electrons. The van der Waals surface area contributed by atoms with Crippen LogP contribution in [-0.4, -0.2) is 28.0 Å². The molecular formula is C5H13OSn. The van der Waals surface area contributed by atoms with Gasteiger partial charge in [0.25, 0.3) is 0 Å². The summed E-state index contributed by atoms with van der Waals surface area (Å²) < 4.78 is 1.44. The quantitative estimate of drug-likeness (QED) is 0.488. The Hall–Kier alpha value is 0.759. The maximum atomic E-state index is 2.24. The van der Waals surface area contributed by atoms with Gasteiger partial charge in [-0.2, -0.15) is 0 Å². The molecule has 0 unspecified atom stereocenters. The maximum Gasteiger partial charge on any atom is -0.412 e. The average Bonchev–Trinajstić information content (AvgIpc) is 1.61. The molecule has 7 heavy (non-hydrogen) atoms. The van der Waals surface area contributed by atoms with E-state index in [9.17, 15) is 0 Å². The fraction of sp³-hybridized carbons (Fsp3) is 1.00. The molecule has 0 aromatic heterocycles. The summed E-state index contributed by atoms with van der Waals surface area (Å²) in [5.41, 5.74) is 0. The van der Waals surface area contributed by atoms with Gasteiger partial charge in [-0.1, -0.05) is 0 Å². The predicted molar refractivity (Wildman–Crippen MR) is 33.7 cm³/mol. The third-order valence-corrected chi connectivity index (χ3v) is 1.79. The van der Waals surface area contributed by atoms with Gasteiger partial charge in [-0.05, 0) is 0 Å². The zero-order chi connectivity index (χ0) is 4.83. The minimum Gasteiger partial charge on any atom is -0.412 e. The third-order valence-electron chi connectivity index (χ3n) is 0.780. The number of hydrogen-bond donors (Lipinski definition) is 0. The molecule has 0 aromatic rings. The van der Waals surface area contributed by atoms with Gasteiger partial charge in [-0.25, -0.2) is 0 Å². The molecule has 0 heterocycles. The molecule has 0 aliphatic heterocycles. The van der Waals surface area contributed by atoms with Crippen molar-refractivity contribution in [2.24, 2.45) is 0 Å². The number of unbranched alkanes of at least 4 members (excludes halogenated alkanes) is 2. The molecule has 0 rings (SSSR count). The molecule has 2 N–H and O–H groups in total. The Kier molecular flexibility index (Phi) is 15.1. The zero-order valence-corrected chi connectivity index (χ0v) is 7.68. The molecule has 43 valence electrons. The average molecular weight is 208 g/mol. The van der Waals surface area contributed by atoms with Crippen LogP contribution in [0.3, 0.4) is 0 Å². The molecule has 0 amide bonds. The van der Waals surface area contributed by atoms with Crippen molar-refractivity contribution in [3.63, 3.8) is 0 Å². The van der Waals surface area contributed by atoms with Gasteiger partial charge in [0.15, 0.2) is 0 Å². The van der Waals surface area contributed by atoms with Crippen molar-refractivity contribution in [3.8, 4) is 0 Å². The van der Waals surface area contributed by atoms with Crippen LogP contribution in [0.25, 0.3) is 0 Å². The second-order valence-corrected chi connectivity index (χ2v) is 2.88. The molecule has 0 aromatic carbocycles. The number of hydrogen-bond acceptors (Lipinski definition) is 0. The van der Waals surface area contributed by atoms with E-state index >= 15 is 0 Å². The van der Waals surface area contributed by atoms with Gasteiger partial charge >= 0.3 is 53.1 Å². The predicted octanol–water partition coefficient (Wildman–Crippen LogP) is 0.939. The fourth-order valence-corrected chi connectivity index (χ4v) is 1.09. The second kappa shape index (κ2) is 9.90. The molecule has 0 aliphatic carbocycles. The van der Waals surface area contributed by atoms with E-state index in [2.05, 4.69) is 6.92 Å². The van der Waals surface area contributed by atoms with Gasteiger partial charge in [0, 0.05) is 0 Å². The van der Waals surface area contributed by atoms with E-state index in [-0.39, 0.29) is 5.48 Å². The van der Waals surface area contributed by atoms with Gasteiger partial charge < -0.3 is 5.48 Å². The Balaban J connectivity index is 0. The Morgan fingerprint density at radius 1 is 1.29 bits per heavy atom. The Morgan fingerprint density at radius 3 is 2.00 bits per heavy atom. The van der Waals surface area contributed by atoms with Crippen LogP contribution in [0.4, 0.5) is 0 Å². The van der Waals surface area contributed by atoms with Crippen molar-refractivity contribution in [2.45, 2.75) is 30.6 Å². The minimum absolute atomic E-state index is 0. The van der Waals surface area contributed by atoms with E-state index in [1.807, 2.05) is 0 Å². The Bertz CT molecular complexity index is 20.0. The van der Waals surface area contributed by atoms with E-state index in [1.165, 1.54) is 23.7 Å². The normalized spacial score (nSPS) is 7.71. The topological polar surface area (TPSA) is 31.5 Å². The first-order chi connectivity index (χ1) is 2.91. The Labute approximate surface area is 58.9 Å². The smallest absolute Gasteiger partial charge is 0.412 e. The summed E-state index contributed by atoms with van der Waals surface area (Å²) in [6, 6.07) is 0. The molecular weight excluding hydrogens is 195 g/mol. The van der Waals surface area contributed by atoms with E-state index in [0.29, 0.717) is 0 Å². The standard InChI is InChI=1S/C5H11.H2O.Sn/c1-3-5-4-2;;/h1,3-5H2,2H3;1H2;. The van der Waals surface area contributed by atoms with Gasteiger partial charge in [0.05, 0.1) is 0 Å². The molecule has 0 bridgehead atoms. The van der Waals surface area contributed by atoms with Crippen LogP contribution >= 0.6 is 0 Å². The van der Waals surface area contributed by atoms with Gasteiger partial charge in [0.2, 0.25) is 0 Å². The molecule has 0 spiro atoms. The molecule has 0 atom stereocenters. The van der Waals surface area contributed by atoms with Crippen LogP contribution in [0, 0.1) is 0 Å². The number of rotatable bonds is 3. The first-order valence-corrected chi connectivity index (χ1v) is 4.58. The van der Waals surface area contributed by atoms with Crippen LogP contribution in [0.1, 0.15) is 26.2 Å². The summed E-state index contributed by atoms with van der Waals surface area (Å²) in [5.74, 6) is 0. The monoisotopic (exact) mass is 209 g/mol. The van der Waals surface area contributed by atoms with E-state index < -0.39 is 0 Å². The summed E-state index contributed by atoms with van der Waals surface area (Å²) in [6.45, 7) is 2.24. The van der Waals surface area contributed by atoms with Gasteiger partial charge in [0.1, 0.15) is 0 Å². The van der Waals surface area contributed by atoms with Crippen molar-refractivity contribution in [1.82, 2.24) is 0 Å². The Morgan fingerprint density at radius 2 is 1.86 bits per heavy atom. The van der Waals surface area contributed by atoms with Crippen molar-refractivity contribution in [3.05, 3.63) is 0 Å². The SMILES string of the molecule is CCCC[CH2][Sn].O. The molecule has 2 heteroatoms. The van der Waals surface area contributed by atoms with E-state index in [1.54, 1.807) is 22.5 Å². The van der Waals surface area contributed by atoms with Crippen molar-refractivity contribution >= 4 is 22.5 Å². The summed E-state index contributed by atoms with van der Waals surface area (Å²) in [6.07, 6.45) is 4.26. The van der Waals surface area contributed by atoms with Crippen LogP contribution in [-0.2, 0) is 0 Å². The summed E-state index contributed by atoms with van der Waals surface area (Å²) >= 11 is 1.69. The summed E-state index contributed by atoms with van der Waals surface area (Å²) in [5, 5.41) is 0. The summed E-state index contributed by atoms with van der Waals surface area (Å²) in [7, 11) is 0. The zero-order valence-electron chi connectivity index (χ0n) is 4.83. The van der Waals surface area contributed by atoms with Crippen molar-refractivity contribution < 1.29 is 5.48 Å². The first kappa shape index (κ1) is 10.7. The fourth-order valence-electron chi connectivity index (χ4n) is 0.375. The van der Waals surface area contributed by atoms with Crippen LogP contribution < -0.4 is 0 Å². The largest absolute Gasteiger partial charge is 0.412 e. The third kappa shape index (κ3) is 10.8. The first-order valence-electron chi connectivity index (χ1n) is 2.56. The van der Waals surface area contributed by atoms with Crippen molar-refractivity contribution in [1.29, 1.82) is 0 Å². The second-order valence-electron chi connectivity index (χ2n) is 1.46. The van der Waals surface area contributed by atoms with E-state index in [0.717, 1.165) is 0 Å². The van der Waals surface area contributed by atoms with Crippen LogP contribution in [0.15, 0.2) is 0 Å².